The summed E-state index contributed by atoms with van der Waals surface area (Å²) < 4.78 is 27.7. The van der Waals surface area contributed by atoms with Crippen molar-refractivity contribution in [1.29, 1.82) is 0 Å². The van der Waals surface area contributed by atoms with Crippen molar-refractivity contribution in [3.8, 4) is 11.5 Å². The molecule has 0 fully saturated rings. The van der Waals surface area contributed by atoms with Crippen molar-refractivity contribution < 1.29 is 28.2 Å². The van der Waals surface area contributed by atoms with E-state index in [0.717, 1.165) is 0 Å². The highest BCUT2D eigenvalue weighted by Gasteiger charge is 2.17. The number of rotatable bonds is 4. The van der Waals surface area contributed by atoms with Crippen LogP contribution in [0.4, 0.5) is 4.39 Å². The second-order valence-electron chi connectivity index (χ2n) is 4.25. The Bertz CT molecular complexity index is 695. The third kappa shape index (κ3) is 4.81. The van der Waals surface area contributed by atoms with Crippen LogP contribution in [0.1, 0.15) is 34.6 Å². The van der Waals surface area contributed by atoms with Gasteiger partial charge in [-0.25, -0.2) is 14.0 Å². The maximum Gasteiger partial charge on any atom is 0.341 e. The lowest BCUT2D eigenvalue weighted by Gasteiger charge is -2.11. The van der Waals surface area contributed by atoms with Gasteiger partial charge in [-0.3, -0.25) is 0 Å². The van der Waals surface area contributed by atoms with Gasteiger partial charge < -0.3 is 14.2 Å². The van der Waals surface area contributed by atoms with Gasteiger partial charge in [0.1, 0.15) is 22.9 Å². The predicted molar refractivity (Wildman–Crippen MR) is 86.9 cm³/mol. The van der Waals surface area contributed by atoms with Gasteiger partial charge in [0.2, 0.25) is 0 Å². The lowest BCUT2D eigenvalue weighted by atomic mass is 10.1. The van der Waals surface area contributed by atoms with E-state index < -0.39 is 17.8 Å². The Hall–Kier alpha value is -2.89. The molecule has 2 rings (SSSR count). The highest BCUT2D eigenvalue weighted by molar-refractivity contribution is 5.96. The number of hydrogen-bond acceptors (Lipinski definition) is 5. The van der Waals surface area contributed by atoms with E-state index in [4.69, 9.17) is 4.74 Å². The first-order valence-corrected chi connectivity index (χ1v) is 7.29. The van der Waals surface area contributed by atoms with Crippen molar-refractivity contribution in [3.63, 3.8) is 0 Å². The molecule has 0 saturated heterocycles. The van der Waals surface area contributed by atoms with E-state index in [1.807, 2.05) is 13.8 Å². The third-order valence-electron chi connectivity index (χ3n) is 2.85. The molecule has 0 aliphatic rings. The van der Waals surface area contributed by atoms with E-state index >= 15 is 0 Å². The Morgan fingerprint density at radius 2 is 1.46 bits per heavy atom. The molecule has 128 valence electrons. The highest BCUT2D eigenvalue weighted by Crippen LogP contribution is 2.27. The van der Waals surface area contributed by atoms with Gasteiger partial charge in [0.25, 0.3) is 0 Å². The van der Waals surface area contributed by atoms with Gasteiger partial charge in [0.05, 0.1) is 19.8 Å². The molecule has 0 amide bonds. The lowest BCUT2D eigenvalue weighted by molar-refractivity contribution is 0.0584. The van der Waals surface area contributed by atoms with Crippen LogP contribution in [0.3, 0.4) is 0 Å². The van der Waals surface area contributed by atoms with Crippen LogP contribution in [0.5, 0.6) is 11.5 Å². The first-order valence-electron chi connectivity index (χ1n) is 7.29. The molecule has 24 heavy (non-hydrogen) atoms. The van der Waals surface area contributed by atoms with Crippen LogP contribution < -0.4 is 4.74 Å². The number of esters is 2. The molecule has 0 spiro atoms. The summed E-state index contributed by atoms with van der Waals surface area (Å²) >= 11 is 0. The molecule has 0 bridgehead atoms. The van der Waals surface area contributed by atoms with E-state index in [9.17, 15) is 14.0 Å². The average Bonchev–Trinajstić information content (AvgIpc) is 2.64. The molecule has 0 aliphatic heterocycles. The SMILES string of the molecule is CC.COC(=O)c1ccc(C(=O)OC)c(Oc2ccc(F)cc2)c1. The van der Waals surface area contributed by atoms with Gasteiger partial charge >= 0.3 is 11.9 Å². The predicted octanol–water partition coefficient (Wildman–Crippen LogP) is 4.22. The Morgan fingerprint density at radius 3 is 2.00 bits per heavy atom. The number of carbonyl (C=O) groups is 2. The molecule has 5 nitrogen and oxygen atoms in total. The summed E-state index contributed by atoms with van der Waals surface area (Å²) in [5, 5.41) is 0. The number of benzene rings is 2. The largest absolute Gasteiger partial charge is 0.465 e. The number of ether oxygens (including phenoxy) is 3. The zero-order valence-corrected chi connectivity index (χ0v) is 14.0. The Kier molecular flexibility index (Phi) is 7.42. The third-order valence-corrected chi connectivity index (χ3v) is 2.85. The molecule has 0 atom stereocenters. The fourth-order valence-electron chi connectivity index (χ4n) is 1.76. The summed E-state index contributed by atoms with van der Waals surface area (Å²) in [6.45, 7) is 4.00. The second kappa shape index (κ2) is 9.29. The number of halogens is 1. The number of methoxy groups -OCH3 is 2. The Morgan fingerprint density at radius 1 is 0.875 bits per heavy atom. The monoisotopic (exact) mass is 334 g/mol. The minimum atomic E-state index is -0.617. The average molecular weight is 334 g/mol. The summed E-state index contributed by atoms with van der Waals surface area (Å²) in [7, 11) is 2.48. The lowest BCUT2D eigenvalue weighted by Crippen LogP contribution is -2.07. The Balaban J connectivity index is 0.00000139. The number of carbonyl (C=O) groups excluding carboxylic acids is 2. The van der Waals surface area contributed by atoms with Crippen LogP contribution in [0, 0.1) is 5.82 Å². The van der Waals surface area contributed by atoms with Crippen LogP contribution in [0.25, 0.3) is 0 Å². The minimum absolute atomic E-state index is 0.112. The van der Waals surface area contributed by atoms with Crippen LogP contribution in [0.15, 0.2) is 42.5 Å². The quantitative estimate of drug-likeness (QED) is 0.784. The first kappa shape index (κ1) is 19.2. The van der Waals surface area contributed by atoms with Gasteiger partial charge in [0, 0.05) is 0 Å². The molecular weight excluding hydrogens is 315 g/mol. The van der Waals surface area contributed by atoms with Crippen LogP contribution in [-0.2, 0) is 9.47 Å². The summed E-state index contributed by atoms with van der Waals surface area (Å²) in [5.74, 6) is -1.17. The molecule has 0 aliphatic carbocycles. The molecule has 0 unspecified atom stereocenters. The summed E-state index contributed by atoms with van der Waals surface area (Å²) in [4.78, 5) is 23.3. The Labute approximate surface area is 140 Å². The zero-order valence-electron chi connectivity index (χ0n) is 14.0. The maximum atomic E-state index is 12.9. The molecule has 6 heteroatoms. The van der Waals surface area contributed by atoms with Gasteiger partial charge in [-0.15, -0.1) is 0 Å². The molecule has 0 saturated carbocycles. The second-order valence-corrected chi connectivity index (χ2v) is 4.25. The smallest absolute Gasteiger partial charge is 0.341 e. The van der Waals surface area contributed by atoms with Crippen molar-refractivity contribution in [1.82, 2.24) is 0 Å². The van der Waals surface area contributed by atoms with Gasteiger partial charge in [-0.1, -0.05) is 13.8 Å². The van der Waals surface area contributed by atoms with Gasteiger partial charge in [-0.2, -0.15) is 0 Å². The maximum absolute atomic E-state index is 12.9. The van der Waals surface area contributed by atoms with Crippen LogP contribution in [0.2, 0.25) is 0 Å². The van der Waals surface area contributed by atoms with E-state index in [1.54, 1.807) is 0 Å². The van der Waals surface area contributed by atoms with E-state index in [1.165, 1.54) is 56.7 Å². The zero-order chi connectivity index (χ0) is 18.1. The highest BCUT2D eigenvalue weighted by atomic mass is 19.1. The van der Waals surface area contributed by atoms with Crippen molar-refractivity contribution in [2.45, 2.75) is 13.8 Å². The van der Waals surface area contributed by atoms with Crippen molar-refractivity contribution >= 4 is 11.9 Å². The van der Waals surface area contributed by atoms with Crippen molar-refractivity contribution in [2.75, 3.05) is 14.2 Å². The van der Waals surface area contributed by atoms with Gasteiger partial charge in [0.15, 0.2) is 0 Å². The summed E-state index contributed by atoms with van der Waals surface area (Å²) in [6.07, 6.45) is 0. The molecule has 0 aromatic heterocycles. The fraction of sp³-hybridized carbons (Fsp3) is 0.222. The fourth-order valence-corrected chi connectivity index (χ4v) is 1.76. The van der Waals surface area contributed by atoms with Crippen molar-refractivity contribution in [2.24, 2.45) is 0 Å². The standard InChI is InChI=1S/C16H13FO5.C2H6/c1-20-15(18)10-3-8-13(16(19)21-2)14(9-10)22-12-6-4-11(17)5-7-12;1-2/h3-9H,1-2H3;1-2H3. The van der Waals surface area contributed by atoms with Crippen LogP contribution in [-0.4, -0.2) is 26.2 Å². The number of hydrogen-bond donors (Lipinski definition) is 0. The molecular formula is C18H19FO5. The minimum Gasteiger partial charge on any atom is -0.465 e. The molecule has 0 radical (unpaired) electrons. The topological polar surface area (TPSA) is 61.8 Å². The van der Waals surface area contributed by atoms with Crippen molar-refractivity contribution in [3.05, 3.63) is 59.4 Å². The first-order chi connectivity index (χ1) is 11.5. The molecule has 0 heterocycles. The van der Waals surface area contributed by atoms with E-state index in [2.05, 4.69) is 9.47 Å². The van der Waals surface area contributed by atoms with E-state index in [0.29, 0.717) is 5.75 Å². The van der Waals surface area contributed by atoms with Gasteiger partial charge in [-0.05, 0) is 42.5 Å². The molecule has 2 aromatic carbocycles. The normalized spacial score (nSPS) is 9.38. The van der Waals surface area contributed by atoms with E-state index in [-0.39, 0.29) is 16.9 Å². The van der Waals surface area contributed by atoms with Crippen LogP contribution >= 0.6 is 0 Å². The molecule has 0 N–H and O–H groups in total. The molecule has 2 aromatic rings. The summed E-state index contributed by atoms with van der Waals surface area (Å²) in [5.41, 5.74) is 0.353. The summed E-state index contributed by atoms with van der Waals surface area (Å²) in [6, 6.07) is 9.44.